The number of anilines is 1. The van der Waals surface area contributed by atoms with Crippen molar-refractivity contribution in [3.05, 3.63) is 30.3 Å². The van der Waals surface area contributed by atoms with E-state index in [2.05, 4.69) is 20.8 Å². The van der Waals surface area contributed by atoms with Gasteiger partial charge in [-0.05, 0) is 35.0 Å². The van der Waals surface area contributed by atoms with Crippen molar-refractivity contribution < 1.29 is 9.18 Å². The van der Waals surface area contributed by atoms with Crippen molar-refractivity contribution in [1.82, 2.24) is 20.2 Å². The van der Waals surface area contributed by atoms with Gasteiger partial charge in [-0.25, -0.2) is 9.07 Å². The second-order valence-corrected chi connectivity index (χ2v) is 4.30. The van der Waals surface area contributed by atoms with Gasteiger partial charge in [-0.1, -0.05) is 13.3 Å². The fourth-order valence-electron chi connectivity index (χ4n) is 1.70. The van der Waals surface area contributed by atoms with Crippen molar-refractivity contribution in [1.29, 1.82) is 0 Å². The maximum Gasteiger partial charge on any atom is 0.241 e. The number of rotatable bonds is 5. The van der Waals surface area contributed by atoms with Crippen molar-refractivity contribution in [3.63, 3.8) is 0 Å². The number of benzene rings is 1. The lowest BCUT2D eigenvalue weighted by atomic mass is 10.1. The van der Waals surface area contributed by atoms with Gasteiger partial charge in [0.15, 0.2) is 0 Å². The van der Waals surface area contributed by atoms with Gasteiger partial charge in [-0.15, -0.1) is 5.10 Å². The van der Waals surface area contributed by atoms with Crippen LogP contribution in [0, 0.1) is 5.82 Å². The number of nitrogens with zero attached hydrogens (tertiary/aromatic N) is 4. The van der Waals surface area contributed by atoms with E-state index in [1.165, 1.54) is 29.2 Å². The zero-order chi connectivity index (χ0) is 14.5. The van der Waals surface area contributed by atoms with E-state index in [1.807, 2.05) is 6.92 Å². The molecule has 3 N–H and O–H groups in total. The highest BCUT2D eigenvalue weighted by atomic mass is 19.1. The lowest BCUT2D eigenvalue weighted by Crippen LogP contribution is -2.35. The highest BCUT2D eigenvalue weighted by Gasteiger charge is 2.15. The Hall–Kier alpha value is -2.35. The molecular formula is C12H15FN6O. The van der Waals surface area contributed by atoms with Crippen LogP contribution in [-0.4, -0.2) is 32.2 Å². The van der Waals surface area contributed by atoms with Gasteiger partial charge in [-0.2, -0.15) is 0 Å². The molecule has 0 aliphatic carbocycles. The molecule has 1 atom stereocenters. The Morgan fingerprint density at radius 3 is 3.00 bits per heavy atom. The first kappa shape index (κ1) is 14.1. The van der Waals surface area contributed by atoms with Crippen LogP contribution < -0.4 is 11.1 Å². The second kappa shape index (κ2) is 6.20. The highest BCUT2D eigenvalue weighted by Crippen LogP contribution is 2.18. The van der Waals surface area contributed by atoms with E-state index in [0.29, 0.717) is 12.1 Å². The van der Waals surface area contributed by atoms with Crippen LogP contribution >= 0.6 is 0 Å². The van der Waals surface area contributed by atoms with Crippen LogP contribution in [0.15, 0.2) is 24.5 Å². The molecule has 7 nitrogen and oxygen atoms in total. The average Bonchev–Trinajstić information content (AvgIpc) is 2.95. The molecule has 1 heterocycles. The quantitative estimate of drug-likeness (QED) is 0.845. The summed E-state index contributed by atoms with van der Waals surface area (Å²) in [4.78, 5) is 11.8. The molecule has 1 aromatic heterocycles. The number of hydrogen-bond acceptors (Lipinski definition) is 5. The first-order valence-corrected chi connectivity index (χ1v) is 6.21. The Balaban J connectivity index is 2.19. The normalized spacial score (nSPS) is 12.2. The summed E-state index contributed by atoms with van der Waals surface area (Å²) in [7, 11) is 0. The molecule has 0 radical (unpaired) electrons. The molecule has 2 rings (SSSR count). The Morgan fingerprint density at radius 1 is 1.55 bits per heavy atom. The lowest BCUT2D eigenvalue weighted by Gasteiger charge is -2.12. The van der Waals surface area contributed by atoms with Crippen LogP contribution in [0.1, 0.15) is 19.8 Å². The second-order valence-electron chi connectivity index (χ2n) is 4.30. The Bertz CT molecular complexity index is 586. The van der Waals surface area contributed by atoms with Crippen molar-refractivity contribution in [2.75, 3.05) is 5.32 Å². The standard InChI is InChI=1S/C12H15FN6O/c1-2-3-10(14)12(20)16-11-6-8(4-5-9(11)13)19-7-15-17-18-19/h4-7,10H,2-3,14H2,1H3,(H,16,20). The zero-order valence-corrected chi connectivity index (χ0v) is 11.0. The molecule has 106 valence electrons. The van der Waals surface area contributed by atoms with Crippen LogP contribution in [0.25, 0.3) is 5.69 Å². The molecule has 0 aliphatic heterocycles. The number of tetrazole rings is 1. The van der Waals surface area contributed by atoms with E-state index < -0.39 is 17.8 Å². The summed E-state index contributed by atoms with van der Waals surface area (Å²) in [6, 6.07) is 3.53. The maximum atomic E-state index is 13.7. The molecule has 0 saturated carbocycles. The van der Waals surface area contributed by atoms with Gasteiger partial charge in [0, 0.05) is 0 Å². The first-order chi connectivity index (χ1) is 9.61. The fourth-order valence-corrected chi connectivity index (χ4v) is 1.70. The summed E-state index contributed by atoms with van der Waals surface area (Å²) < 4.78 is 15.1. The van der Waals surface area contributed by atoms with Gasteiger partial charge in [0.1, 0.15) is 12.1 Å². The zero-order valence-electron chi connectivity index (χ0n) is 11.0. The number of carbonyl (C=O) groups excluding carboxylic acids is 1. The van der Waals surface area contributed by atoms with Gasteiger partial charge >= 0.3 is 0 Å². The minimum Gasteiger partial charge on any atom is -0.322 e. The monoisotopic (exact) mass is 278 g/mol. The Labute approximate surface area is 115 Å². The number of nitrogens with one attached hydrogen (secondary N) is 1. The van der Waals surface area contributed by atoms with Crippen molar-refractivity contribution >= 4 is 11.6 Å². The topological polar surface area (TPSA) is 98.7 Å². The number of hydrogen-bond donors (Lipinski definition) is 2. The SMILES string of the molecule is CCCC(N)C(=O)Nc1cc(-n2cnnn2)ccc1F. The molecule has 1 unspecified atom stereocenters. The van der Waals surface area contributed by atoms with Crippen molar-refractivity contribution in [2.45, 2.75) is 25.8 Å². The van der Waals surface area contributed by atoms with Gasteiger partial charge in [0.25, 0.3) is 0 Å². The van der Waals surface area contributed by atoms with Crippen LogP contribution in [0.4, 0.5) is 10.1 Å². The van der Waals surface area contributed by atoms with Crippen LogP contribution in [0.3, 0.4) is 0 Å². The summed E-state index contributed by atoms with van der Waals surface area (Å²) in [5, 5.41) is 13.2. The molecule has 2 aromatic rings. The molecule has 0 bridgehead atoms. The molecule has 0 spiro atoms. The van der Waals surface area contributed by atoms with Crippen molar-refractivity contribution in [3.8, 4) is 5.69 Å². The summed E-state index contributed by atoms with van der Waals surface area (Å²) >= 11 is 0. The molecule has 0 fully saturated rings. The molecule has 1 aromatic carbocycles. The third-order valence-electron chi connectivity index (χ3n) is 2.76. The summed E-state index contributed by atoms with van der Waals surface area (Å²) in [6.45, 7) is 1.92. The Morgan fingerprint density at radius 2 is 2.35 bits per heavy atom. The van der Waals surface area contributed by atoms with E-state index in [9.17, 15) is 9.18 Å². The highest BCUT2D eigenvalue weighted by molar-refractivity contribution is 5.95. The predicted molar refractivity (Wildman–Crippen MR) is 70.6 cm³/mol. The first-order valence-electron chi connectivity index (χ1n) is 6.21. The van der Waals surface area contributed by atoms with Gasteiger partial charge in [0.05, 0.1) is 17.4 Å². The third kappa shape index (κ3) is 3.15. The van der Waals surface area contributed by atoms with Crippen LogP contribution in [0.5, 0.6) is 0 Å². The summed E-state index contributed by atoms with van der Waals surface area (Å²) in [5.41, 5.74) is 6.27. The van der Waals surface area contributed by atoms with Gasteiger partial charge in [-0.3, -0.25) is 4.79 Å². The van der Waals surface area contributed by atoms with Gasteiger partial charge < -0.3 is 11.1 Å². The van der Waals surface area contributed by atoms with E-state index in [-0.39, 0.29) is 5.69 Å². The maximum absolute atomic E-state index is 13.7. The minimum atomic E-state index is -0.656. The van der Waals surface area contributed by atoms with E-state index in [4.69, 9.17) is 5.73 Å². The van der Waals surface area contributed by atoms with E-state index in [0.717, 1.165) is 6.42 Å². The predicted octanol–water partition coefficient (Wildman–Crippen LogP) is 0.867. The number of nitrogens with two attached hydrogens (primary N) is 1. The third-order valence-corrected chi connectivity index (χ3v) is 2.76. The number of amides is 1. The molecule has 20 heavy (non-hydrogen) atoms. The minimum absolute atomic E-state index is 0.0505. The average molecular weight is 278 g/mol. The van der Waals surface area contributed by atoms with E-state index in [1.54, 1.807) is 0 Å². The smallest absolute Gasteiger partial charge is 0.241 e. The molecular weight excluding hydrogens is 263 g/mol. The van der Waals surface area contributed by atoms with Gasteiger partial charge in [0.2, 0.25) is 5.91 Å². The van der Waals surface area contributed by atoms with Crippen molar-refractivity contribution in [2.24, 2.45) is 5.73 Å². The largest absolute Gasteiger partial charge is 0.322 e. The van der Waals surface area contributed by atoms with E-state index >= 15 is 0 Å². The lowest BCUT2D eigenvalue weighted by molar-refractivity contribution is -0.117. The molecule has 0 saturated heterocycles. The summed E-state index contributed by atoms with van der Waals surface area (Å²) in [5.74, 6) is -0.960. The fraction of sp³-hybridized carbons (Fsp3) is 0.333. The number of halogens is 1. The molecule has 0 aliphatic rings. The number of carbonyl (C=O) groups is 1. The van der Waals surface area contributed by atoms with Crippen LogP contribution in [0.2, 0.25) is 0 Å². The Kier molecular flexibility index (Phi) is 4.36. The summed E-state index contributed by atoms with van der Waals surface area (Å²) in [6.07, 6.45) is 2.70. The molecule has 8 heteroatoms. The van der Waals surface area contributed by atoms with Crippen LogP contribution in [-0.2, 0) is 4.79 Å². The molecule has 1 amide bonds. The number of aromatic nitrogens is 4.